The summed E-state index contributed by atoms with van der Waals surface area (Å²) in [5.41, 5.74) is -0.152. The molecule has 0 unspecified atom stereocenters. The second kappa shape index (κ2) is 6.62. The van der Waals surface area contributed by atoms with Crippen LogP contribution in [0, 0.1) is 15.9 Å². The average Bonchev–Trinajstić information content (AvgIpc) is 2.49. The fourth-order valence-corrected chi connectivity index (χ4v) is 2.37. The zero-order valence-corrected chi connectivity index (χ0v) is 13.1. The highest BCUT2D eigenvalue weighted by molar-refractivity contribution is 7.92. The maximum absolute atomic E-state index is 13.6. The normalized spacial score (nSPS) is 10.9. The molecule has 0 spiro atoms. The number of hydrogen-bond donors (Lipinski definition) is 2. The lowest BCUT2D eigenvalue weighted by molar-refractivity contribution is -0.384. The predicted molar refractivity (Wildman–Crippen MR) is 85.9 cm³/mol. The summed E-state index contributed by atoms with van der Waals surface area (Å²) in [7, 11) is -3.68. The molecule has 0 radical (unpaired) electrons. The number of amides is 1. The van der Waals surface area contributed by atoms with Crippen LogP contribution in [0.15, 0.2) is 42.5 Å². The number of carbonyl (C=O) groups excluding carboxylic acids is 1. The molecule has 126 valence electrons. The van der Waals surface area contributed by atoms with E-state index in [1.54, 1.807) is 0 Å². The van der Waals surface area contributed by atoms with Gasteiger partial charge in [0.25, 0.3) is 11.6 Å². The molecule has 0 fully saturated rings. The summed E-state index contributed by atoms with van der Waals surface area (Å²) < 4.78 is 37.9. The zero-order valence-electron chi connectivity index (χ0n) is 12.3. The van der Waals surface area contributed by atoms with Gasteiger partial charge in [0.05, 0.1) is 16.9 Å². The summed E-state index contributed by atoms with van der Waals surface area (Å²) in [6, 6.07) is 8.27. The SMILES string of the molecule is CS(=O)(=O)Nc1cc(NC(=O)c2ccc([N+](=O)[O-])cc2)ccc1F. The lowest BCUT2D eigenvalue weighted by atomic mass is 10.2. The van der Waals surface area contributed by atoms with Gasteiger partial charge in [0.1, 0.15) is 5.82 Å². The number of carbonyl (C=O) groups is 1. The fourth-order valence-electron chi connectivity index (χ4n) is 1.82. The largest absolute Gasteiger partial charge is 0.322 e. The quantitative estimate of drug-likeness (QED) is 0.632. The van der Waals surface area contributed by atoms with E-state index in [4.69, 9.17) is 0 Å². The van der Waals surface area contributed by atoms with Crippen molar-refractivity contribution >= 4 is 33.0 Å². The fraction of sp³-hybridized carbons (Fsp3) is 0.0714. The van der Waals surface area contributed by atoms with Gasteiger partial charge in [0, 0.05) is 23.4 Å². The lowest BCUT2D eigenvalue weighted by Crippen LogP contribution is -2.14. The Balaban J connectivity index is 2.19. The van der Waals surface area contributed by atoms with Crippen molar-refractivity contribution in [1.82, 2.24) is 0 Å². The Bertz CT molecular complexity index is 897. The highest BCUT2D eigenvalue weighted by atomic mass is 32.2. The molecule has 0 aliphatic heterocycles. The second-order valence-electron chi connectivity index (χ2n) is 4.83. The number of benzene rings is 2. The van der Waals surface area contributed by atoms with Gasteiger partial charge in [-0.15, -0.1) is 0 Å². The van der Waals surface area contributed by atoms with Crippen LogP contribution in [-0.4, -0.2) is 25.5 Å². The molecule has 2 rings (SSSR count). The molecule has 0 atom stereocenters. The van der Waals surface area contributed by atoms with Crippen molar-refractivity contribution in [2.24, 2.45) is 0 Å². The van der Waals surface area contributed by atoms with Crippen molar-refractivity contribution in [3.8, 4) is 0 Å². The third kappa shape index (κ3) is 4.49. The van der Waals surface area contributed by atoms with Crippen molar-refractivity contribution in [2.45, 2.75) is 0 Å². The van der Waals surface area contributed by atoms with Crippen molar-refractivity contribution < 1.29 is 22.5 Å². The Morgan fingerprint density at radius 1 is 1.17 bits per heavy atom. The van der Waals surface area contributed by atoms with Crippen molar-refractivity contribution in [2.75, 3.05) is 16.3 Å². The first-order valence-corrected chi connectivity index (χ1v) is 8.38. The Labute approximate surface area is 136 Å². The van der Waals surface area contributed by atoms with Crippen LogP contribution in [-0.2, 0) is 10.0 Å². The van der Waals surface area contributed by atoms with E-state index < -0.39 is 26.7 Å². The third-order valence-corrected chi connectivity index (χ3v) is 3.45. The highest BCUT2D eigenvalue weighted by Crippen LogP contribution is 2.21. The molecule has 24 heavy (non-hydrogen) atoms. The predicted octanol–water partition coefficient (Wildman–Crippen LogP) is 2.36. The summed E-state index contributed by atoms with van der Waals surface area (Å²) in [4.78, 5) is 22.0. The van der Waals surface area contributed by atoms with Gasteiger partial charge in [-0.05, 0) is 30.3 Å². The van der Waals surface area contributed by atoms with Crippen LogP contribution in [0.1, 0.15) is 10.4 Å². The number of non-ortho nitro benzene ring substituents is 1. The lowest BCUT2D eigenvalue weighted by Gasteiger charge is -2.09. The number of nitrogens with zero attached hydrogens (tertiary/aromatic N) is 1. The summed E-state index contributed by atoms with van der Waals surface area (Å²) in [5.74, 6) is -1.38. The van der Waals surface area contributed by atoms with E-state index in [2.05, 4.69) is 5.32 Å². The number of nitro benzene ring substituents is 1. The van der Waals surface area contributed by atoms with Crippen LogP contribution in [0.4, 0.5) is 21.5 Å². The van der Waals surface area contributed by atoms with Gasteiger partial charge in [-0.1, -0.05) is 0 Å². The molecule has 0 saturated carbocycles. The van der Waals surface area contributed by atoms with E-state index in [-0.39, 0.29) is 22.6 Å². The number of hydrogen-bond acceptors (Lipinski definition) is 5. The Kier molecular flexibility index (Phi) is 4.79. The minimum atomic E-state index is -3.68. The van der Waals surface area contributed by atoms with E-state index in [9.17, 15) is 27.7 Å². The van der Waals surface area contributed by atoms with Crippen LogP contribution in [0.25, 0.3) is 0 Å². The number of nitro groups is 1. The van der Waals surface area contributed by atoms with Crippen LogP contribution in [0.2, 0.25) is 0 Å². The summed E-state index contributed by atoms with van der Waals surface area (Å²) >= 11 is 0. The van der Waals surface area contributed by atoms with Crippen LogP contribution < -0.4 is 10.0 Å². The molecule has 10 heteroatoms. The second-order valence-corrected chi connectivity index (χ2v) is 6.58. The van der Waals surface area contributed by atoms with Gasteiger partial charge in [-0.2, -0.15) is 0 Å². The molecule has 2 N–H and O–H groups in total. The minimum absolute atomic E-state index is 0.155. The molecule has 0 aliphatic rings. The zero-order chi connectivity index (χ0) is 17.9. The molecule has 0 aromatic heterocycles. The number of anilines is 2. The van der Waals surface area contributed by atoms with Gasteiger partial charge < -0.3 is 5.32 Å². The molecule has 8 nitrogen and oxygen atoms in total. The molecule has 0 saturated heterocycles. The summed E-state index contributed by atoms with van der Waals surface area (Å²) in [6.45, 7) is 0. The number of sulfonamides is 1. The molecule has 2 aromatic carbocycles. The van der Waals surface area contributed by atoms with E-state index in [1.807, 2.05) is 4.72 Å². The maximum Gasteiger partial charge on any atom is 0.269 e. The topological polar surface area (TPSA) is 118 Å². The van der Waals surface area contributed by atoms with E-state index >= 15 is 0 Å². The first-order valence-electron chi connectivity index (χ1n) is 6.49. The van der Waals surface area contributed by atoms with Gasteiger partial charge in [-0.3, -0.25) is 19.6 Å². The third-order valence-electron chi connectivity index (χ3n) is 2.86. The van der Waals surface area contributed by atoms with Crippen LogP contribution in [0.3, 0.4) is 0 Å². The Morgan fingerprint density at radius 3 is 2.33 bits per heavy atom. The van der Waals surface area contributed by atoms with Gasteiger partial charge in [0.15, 0.2) is 0 Å². The first-order chi connectivity index (χ1) is 11.2. The van der Waals surface area contributed by atoms with Crippen molar-refractivity contribution in [3.63, 3.8) is 0 Å². The number of nitrogens with one attached hydrogen (secondary N) is 2. The molecular formula is C14H12FN3O5S. The standard InChI is InChI=1S/C14H12FN3O5S/c1-24(22,23)17-13-8-10(4-7-12(13)15)16-14(19)9-2-5-11(6-3-9)18(20)21/h2-8,17H,1H3,(H,16,19). The summed E-state index contributed by atoms with van der Waals surface area (Å²) in [5, 5.41) is 13.0. The van der Waals surface area contributed by atoms with Gasteiger partial charge in [-0.25, -0.2) is 12.8 Å². The average molecular weight is 353 g/mol. The van der Waals surface area contributed by atoms with Crippen molar-refractivity contribution in [1.29, 1.82) is 0 Å². The van der Waals surface area contributed by atoms with Crippen LogP contribution >= 0.6 is 0 Å². The van der Waals surface area contributed by atoms with Gasteiger partial charge >= 0.3 is 0 Å². The Morgan fingerprint density at radius 2 is 1.79 bits per heavy atom. The van der Waals surface area contributed by atoms with E-state index in [0.717, 1.165) is 18.4 Å². The molecule has 2 aromatic rings. The van der Waals surface area contributed by atoms with E-state index in [1.165, 1.54) is 30.3 Å². The highest BCUT2D eigenvalue weighted by Gasteiger charge is 2.12. The number of halogens is 1. The molecule has 0 aliphatic carbocycles. The Hall–Kier alpha value is -3.01. The first kappa shape index (κ1) is 17.3. The summed E-state index contributed by atoms with van der Waals surface area (Å²) in [6.07, 6.45) is 0.870. The van der Waals surface area contributed by atoms with E-state index in [0.29, 0.717) is 0 Å². The van der Waals surface area contributed by atoms with Crippen molar-refractivity contribution in [3.05, 3.63) is 64.0 Å². The molecular weight excluding hydrogens is 341 g/mol. The maximum atomic E-state index is 13.6. The van der Waals surface area contributed by atoms with Gasteiger partial charge in [0.2, 0.25) is 10.0 Å². The molecule has 1 amide bonds. The monoisotopic (exact) mass is 353 g/mol. The number of rotatable bonds is 5. The van der Waals surface area contributed by atoms with Crippen LogP contribution in [0.5, 0.6) is 0 Å². The molecule has 0 bridgehead atoms. The minimum Gasteiger partial charge on any atom is -0.322 e. The molecule has 0 heterocycles. The smallest absolute Gasteiger partial charge is 0.269 e.